The molecular formula is C12H20ClNOS. The predicted molar refractivity (Wildman–Crippen MR) is 70.1 cm³/mol. The number of amides is 1. The van der Waals surface area contributed by atoms with Gasteiger partial charge in [-0.2, -0.15) is 0 Å². The van der Waals surface area contributed by atoms with Crippen LogP contribution in [0.2, 0.25) is 0 Å². The molecule has 2 fully saturated rings. The molecule has 3 atom stereocenters. The van der Waals surface area contributed by atoms with E-state index in [1.54, 1.807) is 0 Å². The van der Waals surface area contributed by atoms with Crippen LogP contribution >= 0.6 is 23.4 Å². The van der Waals surface area contributed by atoms with Gasteiger partial charge in [-0.1, -0.05) is 13.3 Å². The molecule has 0 saturated carbocycles. The van der Waals surface area contributed by atoms with Gasteiger partial charge in [-0.05, 0) is 30.9 Å². The Morgan fingerprint density at radius 3 is 2.88 bits per heavy atom. The highest BCUT2D eigenvalue weighted by Gasteiger charge is 2.37. The Labute approximate surface area is 107 Å². The number of hydrogen-bond donors (Lipinski definition) is 0. The first kappa shape index (κ1) is 12.6. The normalized spacial score (nSPS) is 35.4. The average molecular weight is 262 g/mol. The second-order valence-corrected chi connectivity index (χ2v) is 6.49. The maximum Gasteiger partial charge on any atom is 0.235 e. The third-order valence-corrected chi connectivity index (χ3v) is 5.46. The molecule has 16 heavy (non-hydrogen) atoms. The van der Waals surface area contributed by atoms with E-state index < -0.39 is 0 Å². The first-order valence-electron chi connectivity index (χ1n) is 6.22. The van der Waals surface area contributed by atoms with Crippen LogP contribution in [0.1, 0.15) is 32.6 Å². The molecule has 2 rings (SSSR count). The number of nitrogens with zero attached hydrogens (tertiary/aromatic N) is 1. The summed E-state index contributed by atoms with van der Waals surface area (Å²) in [5, 5.41) is 0.213. The van der Waals surface area contributed by atoms with Crippen LogP contribution in [-0.2, 0) is 4.79 Å². The predicted octanol–water partition coefficient (Wildman–Crippen LogP) is 2.75. The van der Waals surface area contributed by atoms with Gasteiger partial charge in [0, 0.05) is 18.5 Å². The number of alkyl halides is 1. The number of halogens is 1. The van der Waals surface area contributed by atoms with E-state index in [2.05, 4.69) is 6.92 Å². The number of rotatable bonds is 2. The molecule has 2 saturated heterocycles. The van der Waals surface area contributed by atoms with Crippen molar-refractivity contribution in [3.05, 3.63) is 0 Å². The van der Waals surface area contributed by atoms with Gasteiger partial charge in [0.2, 0.25) is 5.91 Å². The van der Waals surface area contributed by atoms with Crippen molar-refractivity contribution in [2.45, 2.75) is 43.9 Å². The molecule has 2 nitrogen and oxygen atoms in total. The standard InChI is InChI=1S/C12H20ClNOS/c1-9-5-6-14(10(9)8-13)12(15)11-4-2-3-7-16-11/h9-11H,2-8H2,1H3. The lowest BCUT2D eigenvalue weighted by Crippen LogP contribution is -2.43. The van der Waals surface area contributed by atoms with E-state index in [0.717, 1.165) is 25.1 Å². The van der Waals surface area contributed by atoms with Crippen molar-refractivity contribution in [2.24, 2.45) is 5.92 Å². The fraction of sp³-hybridized carbons (Fsp3) is 0.917. The molecule has 2 aliphatic heterocycles. The first-order chi connectivity index (χ1) is 7.74. The maximum absolute atomic E-state index is 12.4. The second-order valence-electron chi connectivity index (χ2n) is 4.87. The van der Waals surface area contributed by atoms with Gasteiger partial charge in [-0.15, -0.1) is 23.4 Å². The van der Waals surface area contributed by atoms with Crippen molar-refractivity contribution >= 4 is 29.3 Å². The van der Waals surface area contributed by atoms with E-state index in [-0.39, 0.29) is 11.3 Å². The van der Waals surface area contributed by atoms with E-state index in [4.69, 9.17) is 11.6 Å². The minimum absolute atomic E-state index is 0.213. The van der Waals surface area contributed by atoms with Gasteiger partial charge >= 0.3 is 0 Å². The summed E-state index contributed by atoms with van der Waals surface area (Å²) in [6.07, 6.45) is 4.64. The Balaban J connectivity index is 1.97. The van der Waals surface area contributed by atoms with Gasteiger partial charge in [0.25, 0.3) is 0 Å². The summed E-state index contributed by atoms with van der Waals surface area (Å²) in [5.74, 6) is 2.64. The third-order valence-electron chi connectivity index (χ3n) is 3.78. The lowest BCUT2D eigenvalue weighted by atomic mass is 10.0. The van der Waals surface area contributed by atoms with Gasteiger partial charge in [-0.25, -0.2) is 0 Å². The summed E-state index contributed by atoms with van der Waals surface area (Å²) >= 11 is 7.82. The molecule has 0 aromatic carbocycles. The summed E-state index contributed by atoms with van der Waals surface area (Å²) in [4.78, 5) is 14.4. The Morgan fingerprint density at radius 1 is 1.44 bits per heavy atom. The van der Waals surface area contributed by atoms with Crippen molar-refractivity contribution < 1.29 is 4.79 Å². The minimum atomic E-state index is 0.213. The van der Waals surface area contributed by atoms with Crippen LogP contribution in [0.4, 0.5) is 0 Å². The molecule has 0 aromatic heterocycles. The van der Waals surface area contributed by atoms with Gasteiger partial charge in [0.1, 0.15) is 0 Å². The summed E-state index contributed by atoms with van der Waals surface area (Å²) < 4.78 is 0. The zero-order chi connectivity index (χ0) is 11.5. The van der Waals surface area contributed by atoms with Crippen molar-refractivity contribution in [3.63, 3.8) is 0 Å². The van der Waals surface area contributed by atoms with Crippen LogP contribution in [0.5, 0.6) is 0 Å². The monoisotopic (exact) mass is 261 g/mol. The van der Waals surface area contributed by atoms with E-state index in [1.165, 1.54) is 12.8 Å². The lowest BCUT2D eigenvalue weighted by Gasteiger charge is -2.30. The van der Waals surface area contributed by atoms with Crippen molar-refractivity contribution in [2.75, 3.05) is 18.2 Å². The van der Waals surface area contributed by atoms with Crippen molar-refractivity contribution in [1.82, 2.24) is 4.90 Å². The highest BCUT2D eigenvalue weighted by Crippen LogP contribution is 2.31. The van der Waals surface area contributed by atoms with Crippen molar-refractivity contribution in [3.8, 4) is 0 Å². The van der Waals surface area contributed by atoms with Crippen LogP contribution in [-0.4, -0.2) is 40.3 Å². The molecule has 4 heteroatoms. The minimum Gasteiger partial charge on any atom is -0.337 e. The van der Waals surface area contributed by atoms with Gasteiger partial charge in [0.05, 0.1) is 5.25 Å². The van der Waals surface area contributed by atoms with Crippen molar-refractivity contribution in [1.29, 1.82) is 0 Å². The molecular weight excluding hydrogens is 242 g/mol. The molecule has 0 bridgehead atoms. The molecule has 0 N–H and O–H groups in total. The topological polar surface area (TPSA) is 20.3 Å². The molecule has 2 aliphatic rings. The van der Waals surface area contributed by atoms with Crippen LogP contribution in [0.25, 0.3) is 0 Å². The number of carbonyl (C=O) groups is 1. The Bertz CT molecular complexity index is 255. The molecule has 0 aromatic rings. The summed E-state index contributed by atoms with van der Waals surface area (Å²) in [7, 11) is 0. The third kappa shape index (κ3) is 2.51. The SMILES string of the molecule is CC1CCN(C(=O)C2CCCCS2)C1CCl. The van der Waals surface area contributed by atoms with E-state index in [1.807, 2.05) is 16.7 Å². The number of thioether (sulfide) groups is 1. The lowest BCUT2D eigenvalue weighted by molar-refractivity contribution is -0.131. The Hall–Kier alpha value is 0.110. The van der Waals surface area contributed by atoms with Crippen LogP contribution in [0, 0.1) is 5.92 Å². The number of carbonyl (C=O) groups excluding carboxylic acids is 1. The molecule has 0 spiro atoms. The highest BCUT2D eigenvalue weighted by molar-refractivity contribution is 8.00. The smallest absolute Gasteiger partial charge is 0.235 e. The van der Waals surface area contributed by atoms with Crippen LogP contribution in [0.15, 0.2) is 0 Å². The molecule has 0 radical (unpaired) electrons. The Kier molecular flexibility index (Phi) is 4.42. The maximum atomic E-state index is 12.4. The zero-order valence-corrected chi connectivity index (χ0v) is 11.4. The summed E-state index contributed by atoms with van der Waals surface area (Å²) in [6, 6.07) is 0.275. The average Bonchev–Trinajstić information content (AvgIpc) is 2.70. The van der Waals surface area contributed by atoms with Gasteiger partial charge < -0.3 is 4.90 Å². The molecule has 3 unspecified atom stereocenters. The van der Waals surface area contributed by atoms with E-state index >= 15 is 0 Å². The number of likely N-dealkylation sites (tertiary alicyclic amines) is 1. The van der Waals surface area contributed by atoms with Crippen LogP contribution < -0.4 is 0 Å². The van der Waals surface area contributed by atoms with E-state index in [0.29, 0.717) is 17.7 Å². The molecule has 0 aliphatic carbocycles. The first-order valence-corrected chi connectivity index (χ1v) is 7.80. The molecule has 92 valence electrons. The fourth-order valence-corrected chi connectivity index (χ4v) is 4.37. The summed E-state index contributed by atoms with van der Waals surface area (Å²) in [6.45, 7) is 3.11. The largest absolute Gasteiger partial charge is 0.337 e. The zero-order valence-electron chi connectivity index (χ0n) is 9.82. The quantitative estimate of drug-likeness (QED) is 0.713. The van der Waals surface area contributed by atoms with Crippen LogP contribution in [0.3, 0.4) is 0 Å². The van der Waals surface area contributed by atoms with E-state index in [9.17, 15) is 4.79 Å². The van der Waals surface area contributed by atoms with Gasteiger partial charge in [0.15, 0.2) is 0 Å². The number of hydrogen-bond acceptors (Lipinski definition) is 2. The molecule has 2 heterocycles. The molecule has 1 amide bonds. The Morgan fingerprint density at radius 2 is 2.25 bits per heavy atom. The van der Waals surface area contributed by atoms with Gasteiger partial charge in [-0.3, -0.25) is 4.79 Å². The second kappa shape index (κ2) is 5.63. The highest BCUT2D eigenvalue weighted by atomic mass is 35.5. The summed E-state index contributed by atoms with van der Waals surface area (Å²) in [5.41, 5.74) is 0. The fourth-order valence-electron chi connectivity index (χ4n) is 2.64.